The molecule has 3 unspecified atom stereocenters. The number of benzene rings is 2. The van der Waals surface area contributed by atoms with E-state index in [0.717, 1.165) is 17.4 Å². The molecule has 1 aliphatic heterocycles. The molecule has 1 aliphatic carbocycles. The summed E-state index contributed by atoms with van der Waals surface area (Å²) in [5, 5.41) is 3.33. The molecule has 0 bridgehead atoms. The molecule has 2 amide bonds. The molecule has 0 spiro atoms. The Morgan fingerprint density at radius 2 is 1.98 bits per heavy atom. The van der Waals surface area contributed by atoms with Crippen molar-refractivity contribution in [3.8, 4) is 0 Å². The topological polar surface area (TPSA) is 145 Å². The van der Waals surface area contributed by atoms with Gasteiger partial charge in [-0.05, 0) is 54.7 Å². The average molecular weight is 572 g/mol. The van der Waals surface area contributed by atoms with Crippen LogP contribution in [0.15, 0.2) is 43.0 Å². The first-order valence-electron chi connectivity index (χ1n) is 12.6. The minimum atomic E-state index is -4.66. The average Bonchev–Trinajstić information content (AvgIpc) is 3.32. The molecule has 7 N–H and O–H groups in total. The van der Waals surface area contributed by atoms with Gasteiger partial charge in [-0.25, -0.2) is 0 Å². The van der Waals surface area contributed by atoms with Gasteiger partial charge in [-0.1, -0.05) is 24.8 Å². The van der Waals surface area contributed by atoms with Crippen LogP contribution >= 0.6 is 11.3 Å². The van der Waals surface area contributed by atoms with Gasteiger partial charge in [0.15, 0.2) is 5.78 Å². The van der Waals surface area contributed by atoms with Gasteiger partial charge in [0.05, 0.1) is 21.2 Å². The van der Waals surface area contributed by atoms with Crippen LogP contribution in [0.2, 0.25) is 0 Å². The molecule has 1 aromatic heterocycles. The van der Waals surface area contributed by atoms with E-state index in [4.69, 9.17) is 17.2 Å². The maximum Gasteiger partial charge on any atom is 0.416 e. The summed E-state index contributed by atoms with van der Waals surface area (Å²) in [4.78, 5) is 41.2. The first-order chi connectivity index (χ1) is 18.8. The number of rotatable bonds is 4. The van der Waals surface area contributed by atoms with Crippen molar-refractivity contribution in [1.82, 2.24) is 10.2 Å². The largest absolute Gasteiger partial charge is 0.416 e. The molecule has 8 nitrogen and oxygen atoms in total. The zero-order chi connectivity index (χ0) is 29.1. The summed E-state index contributed by atoms with van der Waals surface area (Å²) in [5.74, 6) is -1.46. The number of nitrogens with two attached hydrogens (primary N) is 3. The molecule has 3 atom stereocenters. The number of likely N-dealkylation sites (tertiary alicyclic amines) is 1. The summed E-state index contributed by atoms with van der Waals surface area (Å²) in [5.41, 5.74) is 17.2. The number of anilines is 1. The van der Waals surface area contributed by atoms with E-state index in [1.807, 2.05) is 0 Å². The van der Waals surface area contributed by atoms with Crippen LogP contribution in [-0.2, 0) is 21.3 Å². The Hall–Kier alpha value is -3.74. The lowest BCUT2D eigenvalue weighted by atomic mass is 9.70. The van der Waals surface area contributed by atoms with Crippen molar-refractivity contribution in [2.75, 3.05) is 18.8 Å². The summed E-state index contributed by atoms with van der Waals surface area (Å²) < 4.78 is 41.7. The minimum Gasteiger partial charge on any atom is -0.398 e. The van der Waals surface area contributed by atoms with Gasteiger partial charge in [-0.2, -0.15) is 13.2 Å². The summed E-state index contributed by atoms with van der Waals surface area (Å²) in [6, 6.07) is 4.84. The third-order valence-corrected chi connectivity index (χ3v) is 9.01. The van der Waals surface area contributed by atoms with Crippen molar-refractivity contribution in [3.63, 3.8) is 0 Å². The lowest BCUT2D eigenvalue weighted by molar-refractivity contribution is -0.138. The predicted octanol–water partition coefficient (Wildman–Crippen LogP) is 3.50. The highest BCUT2D eigenvalue weighted by Crippen LogP contribution is 2.50. The molecule has 2 aromatic carbocycles. The van der Waals surface area contributed by atoms with Crippen molar-refractivity contribution >= 4 is 44.7 Å². The van der Waals surface area contributed by atoms with Crippen LogP contribution in [0.5, 0.6) is 0 Å². The molecule has 3 aromatic rings. The van der Waals surface area contributed by atoms with E-state index in [0.29, 0.717) is 41.7 Å². The first-order valence-corrected chi connectivity index (χ1v) is 13.4. The third-order valence-electron chi connectivity index (χ3n) is 7.76. The lowest BCUT2D eigenvalue weighted by Crippen LogP contribution is -2.53. The number of halogens is 3. The highest BCUT2D eigenvalue weighted by molar-refractivity contribution is 7.21. The highest BCUT2D eigenvalue weighted by Gasteiger charge is 2.49. The number of Topliss-reactive ketones (excluding diaryl/α,β-unsaturated/α-hetero) is 1. The zero-order valence-electron chi connectivity index (χ0n) is 21.6. The first kappa shape index (κ1) is 27.8. The van der Waals surface area contributed by atoms with Gasteiger partial charge in [-0.15, -0.1) is 11.3 Å². The van der Waals surface area contributed by atoms with E-state index in [-0.39, 0.29) is 39.1 Å². The van der Waals surface area contributed by atoms with Gasteiger partial charge in [0.1, 0.15) is 5.54 Å². The van der Waals surface area contributed by atoms with Crippen LogP contribution in [0, 0.1) is 6.92 Å². The number of alkyl halides is 3. The van der Waals surface area contributed by atoms with Crippen LogP contribution in [0.25, 0.3) is 10.1 Å². The molecule has 1 fully saturated rings. The number of ketones is 1. The van der Waals surface area contributed by atoms with Crippen LogP contribution < -0.4 is 22.5 Å². The summed E-state index contributed by atoms with van der Waals surface area (Å²) in [7, 11) is 0. The molecule has 1 saturated heterocycles. The van der Waals surface area contributed by atoms with E-state index >= 15 is 0 Å². The number of aryl methyl sites for hydroxylation is 1. The quantitative estimate of drug-likeness (QED) is 0.279. The number of hydrogen-bond donors (Lipinski definition) is 4. The number of hydrogen-bond acceptors (Lipinski definition) is 7. The van der Waals surface area contributed by atoms with Gasteiger partial charge in [0, 0.05) is 35.8 Å². The van der Waals surface area contributed by atoms with Crippen molar-refractivity contribution in [2.24, 2.45) is 11.5 Å². The Labute approximate surface area is 232 Å². The molecule has 0 radical (unpaired) electrons. The summed E-state index contributed by atoms with van der Waals surface area (Å²) in [6.07, 6.45) is -2.10. The predicted molar refractivity (Wildman–Crippen MR) is 147 cm³/mol. The molecule has 2 aliphatic rings. The Bertz CT molecular complexity index is 1580. The normalized spacial score (nSPS) is 22.9. The smallest absolute Gasteiger partial charge is 0.398 e. The molecule has 12 heteroatoms. The van der Waals surface area contributed by atoms with Gasteiger partial charge < -0.3 is 27.4 Å². The Kier molecular flexibility index (Phi) is 6.76. The second-order valence-electron chi connectivity index (χ2n) is 10.2. The van der Waals surface area contributed by atoms with E-state index in [1.54, 1.807) is 4.90 Å². The molecular formula is C28H28F3N5O3S. The van der Waals surface area contributed by atoms with Gasteiger partial charge in [-0.3, -0.25) is 14.4 Å². The van der Waals surface area contributed by atoms with Gasteiger partial charge >= 0.3 is 6.18 Å². The standard InChI is InChI=1S/C28H28F3N5O3S/c1-3-19(37)36-10-4-5-15(12-36)35-26(39)24-21-20-16(8-9-18(32)23(20)40-24)27(34,25(38)22(21)33)14-7-6-13(2)17(11-14)28(29,30)31/h3,6-9,11,15,22H,1,4-5,10,12,32-34H2,2H3,(H,35,39). The van der Waals surface area contributed by atoms with Crippen molar-refractivity contribution < 1.29 is 27.6 Å². The molecule has 0 saturated carbocycles. The number of nitrogens with one attached hydrogen (secondary N) is 1. The summed E-state index contributed by atoms with van der Waals surface area (Å²) >= 11 is 1.05. The zero-order valence-corrected chi connectivity index (χ0v) is 22.4. The fourth-order valence-electron chi connectivity index (χ4n) is 5.70. The number of piperidine rings is 1. The van der Waals surface area contributed by atoms with E-state index in [1.165, 1.54) is 37.3 Å². The van der Waals surface area contributed by atoms with Crippen LogP contribution in [0.3, 0.4) is 0 Å². The molecule has 2 heterocycles. The summed E-state index contributed by atoms with van der Waals surface area (Å²) in [6.45, 7) is 5.69. The molecular weight excluding hydrogens is 543 g/mol. The minimum absolute atomic E-state index is 0.0129. The number of carbonyl (C=O) groups is 3. The van der Waals surface area contributed by atoms with Gasteiger partial charge in [0.25, 0.3) is 5.91 Å². The second kappa shape index (κ2) is 9.72. The van der Waals surface area contributed by atoms with E-state index in [2.05, 4.69) is 11.9 Å². The van der Waals surface area contributed by atoms with Crippen LogP contribution in [0.4, 0.5) is 18.9 Å². The number of amides is 2. The maximum atomic E-state index is 13.9. The maximum absolute atomic E-state index is 13.9. The lowest BCUT2D eigenvalue weighted by Gasteiger charge is -2.37. The van der Waals surface area contributed by atoms with Crippen molar-refractivity contribution in [3.05, 3.63) is 75.7 Å². The highest BCUT2D eigenvalue weighted by atomic mass is 32.1. The number of carbonyl (C=O) groups excluding carboxylic acids is 3. The molecule has 5 rings (SSSR count). The van der Waals surface area contributed by atoms with Crippen LogP contribution in [0.1, 0.15) is 56.4 Å². The molecule has 210 valence electrons. The van der Waals surface area contributed by atoms with Gasteiger partial charge in [0.2, 0.25) is 5.91 Å². The number of nitrogens with zero attached hydrogens (tertiary/aromatic N) is 1. The fraction of sp³-hybridized carbons (Fsp3) is 0.321. The SMILES string of the molecule is C=CC(=O)N1CCCC(NC(=O)c2sc3c(N)ccc4c3c2C(N)C(=O)C4(N)c2ccc(C)c(C(F)(F)F)c2)C1. The van der Waals surface area contributed by atoms with E-state index < -0.39 is 35.0 Å². The monoisotopic (exact) mass is 571 g/mol. The Morgan fingerprint density at radius 1 is 1.25 bits per heavy atom. The second-order valence-corrected chi connectivity index (χ2v) is 11.3. The van der Waals surface area contributed by atoms with Crippen LogP contribution in [-0.4, -0.2) is 41.6 Å². The van der Waals surface area contributed by atoms with E-state index in [9.17, 15) is 27.6 Å². The Balaban J connectivity index is 1.62. The Morgan fingerprint density at radius 3 is 2.65 bits per heavy atom. The number of thiophene rings is 1. The molecule has 40 heavy (non-hydrogen) atoms. The van der Waals surface area contributed by atoms with Crippen molar-refractivity contribution in [2.45, 2.75) is 43.6 Å². The fourth-order valence-corrected chi connectivity index (χ4v) is 6.90. The number of nitrogen functional groups attached to an aromatic ring is 1. The van der Waals surface area contributed by atoms with Crippen molar-refractivity contribution in [1.29, 1.82) is 0 Å². The third kappa shape index (κ3) is 4.27.